The fourth-order valence-corrected chi connectivity index (χ4v) is 3.87. The number of benzene rings is 1. The number of hydrogen-bond donors (Lipinski definition) is 2. The maximum Gasteiger partial charge on any atom is 0.330 e. The summed E-state index contributed by atoms with van der Waals surface area (Å²) in [6.45, 7) is 6.12. The molecule has 0 saturated carbocycles. The minimum absolute atomic E-state index is 0.0562. The van der Waals surface area contributed by atoms with Gasteiger partial charge >= 0.3 is 11.7 Å². The Bertz CT molecular complexity index is 1260. The molecule has 2 N–H and O–H groups in total. The number of nitrogens with one attached hydrogen (secondary N) is 2. The normalized spacial score (nSPS) is 12.0. The molecule has 2 heterocycles. The first kappa shape index (κ1) is 24.9. The summed E-state index contributed by atoms with van der Waals surface area (Å²) in [7, 11) is 0. The molecule has 0 saturated heterocycles. The lowest BCUT2D eigenvalue weighted by Gasteiger charge is -2.17. The highest BCUT2D eigenvalue weighted by atomic mass is 16.5. The molecule has 0 bridgehead atoms. The van der Waals surface area contributed by atoms with Crippen molar-refractivity contribution in [2.45, 2.75) is 72.2 Å². The zero-order valence-electron chi connectivity index (χ0n) is 19.8. The number of rotatable bonds is 11. The van der Waals surface area contributed by atoms with Gasteiger partial charge in [0.15, 0.2) is 11.2 Å². The number of hydrogen-bond acceptors (Lipinski definition) is 6. The van der Waals surface area contributed by atoms with Crippen molar-refractivity contribution in [2.75, 3.05) is 0 Å². The summed E-state index contributed by atoms with van der Waals surface area (Å²) >= 11 is 0. The van der Waals surface area contributed by atoms with E-state index in [2.05, 4.69) is 15.3 Å². The third-order valence-corrected chi connectivity index (χ3v) is 5.46. The number of fused-ring (bicyclic) bond motifs is 1. The van der Waals surface area contributed by atoms with E-state index in [1.54, 1.807) is 4.57 Å². The topological polar surface area (TPSA) is 128 Å². The Labute approximate surface area is 197 Å². The molecule has 182 valence electrons. The van der Waals surface area contributed by atoms with Crippen LogP contribution in [0, 0.1) is 0 Å². The van der Waals surface area contributed by atoms with E-state index in [1.165, 1.54) is 11.5 Å². The number of H-pyrrole nitrogens is 1. The van der Waals surface area contributed by atoms with Crippen molar-refractivity contribution in [2.24, 2.45) is 0 Å². The standard InChI is InChI=1S/C24H31N5O5/c1-4-6-13-29-22-21(23(32)27-24(29)33)28(12-5-2)19(26-22)15-34-20(31)14-18(25-16(3)30)17-10-8-7-9-11-17/h7-11,18H,4-6,12-15H2,1-3H3,(H,25,30)(H,27,32,33)/t18-/m1/s1. The Balaban J connectivity index is 1.86. The third kappa shape index (κ3) is 5.81. The first-order valence-corrected chi connectivity index (χ1v) is 11.6. The Morgan fingerprint density at radius 3 is 2.47 bits per heavy atom. The van der Waals surface area contributed by atoms with E-state index < -0.39 is 23.3 Å². The SMILES string of the molecule is CCCCn1c(=O)[nH]c(=O)c2c1nc(COC(=O)C[C@@H](NC(C)=O)c1ccccc1)n2CCC. The Morgan fingerprint density at radius 1 is 1.09 bits per heavy atom. The molecule has 0 aliphatic heterocycles. The molecule has 0 unspecified atom stereocenters. The van der Waals surface area contributed by atoms with Crippen LogP contribution in [-0.2, 0) is 34.0 Å². The number of aryl methyl sites for hydroxylation is 2. The van der Waals surface area contributed by atoms with Crippen molar-refractivity contribution in [1.82, 2.24) is 24.4 Å². The molecule has 3 rings (SSSR count). The summed E-state index contributed by atoms with van der Waals surface area (Å²) in [5.41, 5.74) is 0.364. The van der Waals surface area contributed by atoms with Gasteiger partial charge in [0.25, 0.3) is 5.56 Å². The minimum Gasteiger partial charge on any atom is -0.457 e. The van der Waals surface area contributed by atoms with Gasteiger partial charge in [0.1, 0.15) is 12.4 Å². The molecule has 0 fully saturated rings. The maximum absolute atomic E-state index is 12.7. The summed E-state index contributed by atoms with van der Waals surface area (Å²) in [6.07, 6.45) is 2.30. The average Bonchev–Trinajstić information content (AvgIpc) is 3.16. The van der Waals surface area contributed by atoms with Crippen LogP contribution in [0.15, 0.2) is 39.9 Å². The molecule has 0 aliphatic carbocycles. The van der Waals surface area contributed by atoms with Crippen LogP contribution in [0.3, 0.4) is 0 Å². The first-order chi connectivity index (χ1) is 16.3. The Morgan fingerprint density at radius 2 is 1.82 bits per heavy atom. The number of unbranched alkanes of at least 4 members (excludes halogenated alkanes) is 1. The van der Waals surface area contributed by atoms with Crippen LogP contribution in [0.2, 0.25) is 0 Å². The molecular weight excluding hydrogens is 438 g/mol. The van der Waals surface area contributed by atoms with Gasteiger partial charge in [-0.15, -0.1) is 0 Å². The molecule has 34 heavy (non-hydrogen) atoms. The second-order valence-electron chi connectivity index (χ2n) is 8.14. The van der Waals surface area contributed by atoms with E-state index in [0.717, 1.165) is 24.8 Å². The van der Waals surface area contributed by atoms with E-state index in [-0.39, 0.29) is 18.9 Å². The summed E-state index contributed by atoms with van der Waals surface area (Å²) in [4.78, 5) is 56.2. The smallest absolute Gasteiger partial charge is 0.330 e. The quantitative estimate of drug-likeness (QED) is 0.415. The summed E-state index contributed by atoms with van der Waals surface area (Å²) in [5, 5.41) is 2.78. The van der Waals surface area contributed by atoms with Gasteiger partial charge in [-0.3, -0.25) is 23.9 Å². The molecular formula is C24H31N5O5. The van der Waals surface area contributed by atoms with E-state index in [1.807, 2.05) is 44.2 Å². The average molecular weight is 470 g/mol. The van der Waals surface area contributed by atoms with E-state index >= 15 is 0 Å². The predicted molar refractivity (Wildman–Crippen MR) is 127 cm³/mol. The van der Waals surface area contributed by atoms with Gasteiger partial charge in [-0.05, 0) is 18.4 Å². The number of ether oxygens (including phenoxy) is 1. The van der Waals surface area contributed by atoms with Gasteiger partial charge in [-0.25, -0.2) is 9.78 Å². The molecule has 2 aromatic heterocycles. The first-order valence-electron chi connectivity index (χ1n) is 11.6. The highest BCUT2D eigenvalue weighted by Gasteiger charge is 2.21. The number of esters is 1. The number of imidazole rings is 1. The number of nitrogens with zero attached hydrogens (tertiary/aromatic N) is 3. The van der Waals surface area contributed by atoms with Crippen LogP contribution in [0.1, 0.15) is 63.9 Å². The van der Waals surface area contributed by atoms with E-state index in [4.69, 9.17) is 4.74 Å². The minimum atomic E-state index is -0.525. The van der Waals surface area contributed by atoms with Crippen molar-refractivity contribution in [1.29, 1.82) is 0 Å². The van der Waals surface area contributed by atoms with Gasteiger partial charge in [0.2, 0.25) is 5.91 Å². The van der Waals surface area contributed by atoms with Gasteiger partial charge in [-0.2, -0.15) is 0 Å². The van der Waals surface area contributed by atoms with Crippen LogP contribution in [0.25, 0.3) is 11.2 Å². The molecule has 0 aliphatic rings. The van der Waals surface area contributed by atoms with Crippen molar-refractivity contribution >= 4 is 23.0 Å². The highest BCUT2D eigenvalue weighted by Crippen LogP contribution is 2.19. The molecule has 3 aromatic rings. The van der Waals surface area contributed by atoms with Gasteiger partial charge in [0, 0.05) is 20.0 Å². The van der Waals surface area contributed by atoms with Crippen LogP contribution in [0.4, 0.5) is 0 Å². The molecule has 1 amide bonds. The lowest BCUT2D eigenvalue weighted by molar-refractivity contribution is -0.146. The highest BCUT2D eigenvalue weighted by molar-refractivity contribution is 5.76. The Hall–Kier alpha value is -3.69. The van der Waals surface area contributed by atoms with Gasteiger partial charge in [0.05, 0.1) is 12.5 Å². The number of carbonyl (C=O) groups excluding carboxylic acids is 2. The van der Waals surface area contributed by atoms with Crippen LogP contribution < -0.4 is 16.6 Å². The zero-order chi connectivity index (χ0) is 24.7. The number of carbonyl (C=O) groups is 2. The van der Waals surface area contributed by atoms with Crippen LogP contribution in [0.5, 0.6) is 0 Å². The second-order valence-corrected chi connectivity index (χ2v) is 8.14. The number of aromatic amines is 1. The summed E-state index contributed by atoms with van der Waals surface area (Å²) < 4.78 is 8.65. The lowest BCUT2D eigenvalue weighted by Crippen LogP contribution is -2.31. The van der Waals surface area contributed by atoms with Crippen LogP contribution >= 0.6 is 0 Å². The summed E-state index contributed by atoms with van der Waals surface area (Å²) in [6, 6.07) is 8.65. The van der Waals surface area contributed by atoms with Crippen molar-refractivity contribution in [3.05, 3.63) is 62.6 Å². The number of aromatic nitrogens is 4. The largest absolute Gasteiger partial charge is 0.457 e. The third-order valence-electron chi connectivity index (χ3n) is 5.46. The summed E-state index contributed by atoms with van der Waals surface area (Å²) in [5.74, 6) is -0.381. The van der Waals surface area contributed by atoms with Gasteiger partial charge in [-0.1, -0.05) is 50.6 Å². The molecule has 0 spiro atoms. The number of amides is 1. The molecule has 1 atom stereocenters. The lowest BCUT2D eigenvalue weighted by atomic mass is 10.0. The fraction of sp³-hybridized carbons (Fsp3) is 0.458. The molecule has 1 aromatic carbocycles. The predicted octanol–water partition coefficient (Wildman–Crippen LogP) is 2.41. The van der Waals surface area contributed by atoms with Crippen LogP contribution in [-0.4, -0.2) is 31.0 Å². The van der Waals surface area contributed by atoms with Crippen molar-refractivity contribution < 1.29 is 14.3 Å². The monoisotopic (exact) mass is 469 g/mol. The van der Waals surface area contributed by atoms with E-state index in [9.17, 15) is 19.2 Å². The fourth-order valence-electron chi connectivity index (χ4n) is 3.87. The Kier molecular flexibility index (Phi) is 8.39. The van der Waals surface area contributed by atoms with Gasteiger partial charge < -0.3 is 14.6 Å². The maximum atomic E-state index is 12.7. The van der Waals surface area contributed by atoms with Crippen molar-refractivity contribution in [3.8, 4) is 0 Å². The zero-order valence-corrected chi connectivity index (χ0v) is 19.8. The molecule has 10 heteroatoms. The van der Waals surface area contributed by atoms with E-state index in [0.29, 0.717) is 30.1 Å². The molecule has 0 radical (unpaired) electrons. The van der Waals surface area contributed by atoms with Crippen molar-refractivity contribution in [3.63, 3.8) is 0 Å². The second kappa shape index (κ2) is 11.4. The molecule has 10 nitrogen and oxygen atoms in total.